The lowest BCUT2D eigenvalue weighted by molar-refractivity contribution is -0.116. The van der Waals surface area contributed by atoms with Gasteiger partial charge in [0, 0.05) is 16.5 Å². The Morgan fingerprint density at radius 3 is 2.78 bits per heavy atom. The van der Waals surface area contributed by atoms with Crippen molar-refractivity contribution in [3.63, 3.8) is 0 Å². The number of unbranched alkanes of at least 4 members (excludes halogenated alkanes) is 2. The van der Waals surface area contributed by atoms with Crippen LogP contribution in [0.3, 0.4) is 0 Å². The van der Waals surface area contributed by atoms with E-state index in [9.17, 15) is 4.79 Å². The number of amides is 1. The fourth-order valence-electron chi connectivity index (χ4n) is 1.58. The maximum absolute atomic E-state index is 11.7. The van der Waals surface area contributed by atoms with Crippen molar-refractivity contribution in [1.29, 1.82) is 0 Å². The molecule has 3 N–H and O–H groups in total. The van der Waals surface area contributed by atoms with E-state index in [0.29, 0.717) is 17.7 Å². The first kappa shape index (κ1) is 15.1. The molecular weight excluding hydrogens is 312 g/mol. The van der Waals surface area contributed by atoms with Crippen LogP contribution in [0, 0.1) is 0 Å². The van der Waals surface area contributed by atoms with Gasteiger partial charge < -0.3 is 11.1 Å². The molecule has 1 rings (SSSR count). The summed E-state index contributed by atoms with van der Waals surface area (Å²) in [7, 11) is 0. The molecule has 0 aliphatic heterocycles. The summed E-state index contributed by atoms with van der Waals surface area (Å²) in [5, 5.41) is 2.85. The highest BCUT2D eigenvalue weighted by atomic mass is 79.9. The highest BCUT2D eigenvalue weighted by Crippen LogP contribution is 2.21. The van der Waals surface area contributed by atoms with Crippen LogP contribution in [-0.2, 0) is 4.79 Å². The number of benzene rings is 1. The van der Waals surface area contributed by atoms with Gasteiger partial charge in [0.2, 0.25) is 5.91 Å². The van der Waals surface area contributed by atoms with Crippen LogP contribution in [0.2, 0.25) is 0 Å². The molecule has 1 aromatic rings. The van der Waals surface area contributed by atoms with Crippen molar-refractivity contribution in [2.24, 2.45) is 5.73 Å². The van der Waals surface area contributed by atoms with Gasteiger partial charge in [0.15, 0.2) is 0 Å². The third-order valence-electron chi connectivity index (χ3n) is 2.53. The summed E-state index contributed by atoms with van der Waals surface area (Å²) >= 11 is 8.33. The Kier molecular flexibility index (Phi) is 6.29. The van der Waals surface area contributed by atoms with Gasteiger partial charge in [-0.15, -0.1) is 0 Å². The maximum atomic E-state index is 11.7. The average molecular weight is 329 g/mol. The van der Waals surface area contributed by atoms with Crippen LogP contribution in [0.25, 0.3) is 0 Å². The van der Waals surface area contributed by atoms with Crippen molar-refractivity contribution in [3.05, 3.63) is 28.2 Å². The average Bonchev–Trinajstić information content (AvgIpc) is 2.31. The van der Waals surface area contributed by atoms with Gasteiger partial charge in [-0.1, -0.05) is 47.9 Å². The van der Waals surface area contributed by atoms with E-state index in [1.165, 1.54) is 0 Å². The number of nitrogens with two attached hydrogens (primary N) is 1. The highest BCUT2D eigenvalue weighted by molar-refractivity contribution is 9.10. The van der Waals surface area contributed by atoms with Crippen LogP contribution < -0.4 is 11.1 Å². The third kappa shape index (κ3) is 4.74. The third-order valence-corrected chi connectivity index (χ3v) is 3.24. The first-order chi connectivity index (χ1) is 8.54. The van der Waals surface area contributed by atoms with Crippen molar-refractivity contribution < 1.29 is 4.79 Å². The van der Waals surface area contributed by atoms with E-state index in [1.807, 2.05) is 12.1 Å². The Hall–Kier alpha value is -0.940. The van der Waals surface area contributed by atoms with Crippen LogP contribution in [0.5, 0.6) is 0 Å². The molecule has 0 aromatic heterocycles. The van der Waals surface area contributed by atoms with Gasteiger partial charge >= 0.3 is 0 Å². The van der Waals surface area contributed by atoms with E-state index in [-0.39, 0.29) is 10.9 Å². The minimum Gasteiger partial charge on any atom is -0.389 e. The molecule has 0 spiro atoms. The van der Waals surface area contributed by atoms with Crippen molar-refractivity contribution in [3.8, 4) is 0 Å². The Bertz CT molecular complexity index is 449. The minimum absolute atomic E-state index is 0.00303. The zero-order chi connectivity index (χ0) is 13.5. The number of anilines is 1. The molecule has 0 heterocycles. The number of hydrogen-bond donors (Lipinski definition) is 2. The molecule has 98 valence electrons. The van der Waals surface area contributed by atoms with Crippen molar-refractivity contribution in [2.75, 3.05) is 5.32 Å². The van der Waals surface area contributed by atoms with Gasteiger partial charge in [0.1, 0.15) is 4.99 Å². The largest absolute Gasteiger partial charge is 0.389 e. The van der Waals surface area contributed by atoms with Gasteiger partial charge in [-0.25, -0.2) is 0 Å². The summed E-state index contributed by atoms with van der Waals surface area (Å²) in [6, 6.07) is 5.46. The molecule has 0 atom stereocenters. The second-order valence-electron chi connectivity index (χ2n) is 4.06. The Morgan fingerprint density at radius 1 is 1.44 bits per heavy atom. The number of carbonyl (C=O) groups excluding carboxylic acids is 1. The predicted molar refractivity (Wildman–Crippen MR) is 82.8 cm³/mol. The lowest BCUT2D eigenvalue weighted by atomic mass is 10.1. The van der Waals surface area contributed by atoms with E-state index in [1.54, 1.807) is 6.07 Å². The molecule has 0 saturated carbocycles. The lowest BCUT2D eigenvalue weighted by Crippen LogP contribution is -2.17. The molecule has 0 unspecified atom stereocenters. The van der Waals surface area contributed by atoms with E-state index >= 15 is 0 Å². The van der Waals surface area contributed by atoms with Gasteiger partial charge in [0.05, 0.1) is 5.69 Å². The number of rotatable bonds is 6. The van der Waals surface area contributed by atoms with Gasteiger partial charge in [-0.2, -0.15) is 0 Å². The molecule has 0 bridgehead atoms. The Balaban J connectivity index is 2.72. The monoisotopic (exact) mass is 328 g/mol. The van der Waals surface area contributed by atoms with Crippen LogP contribution in [0.4, 0.5) is 5.69 Å². The number of carbonyl (C=O) groups is 1. The van der Waals surface area contributed by atoms with E-state index in [4.69, 9.17) is 18.0 Å². The number of nitrogens with one attached hydrogen (secondary N) is 1. The van der Waals surface area contributed by atoms with Crippen LogP contribution in [0.15, 0.2) is 22.7 Å². The SMILES string of the molecule is CCCCCC(=O)Nc1ccc(Br)cc1C(N)=S. The molecule has 0 radical (unpaired) electrons. The summed E-state index contributed by atoms with van der Waals surface area (Å²) in [6.07, 6.45) is 3.60. The second-order valence-corrected chi connectivity index (χ2v) is 5.41. The first-order valence-corrected chi connectivity index (χ1v) is 7.14. The van der Waals surface area contributed by atoms with Crippen molar-refractivity contribution in [2.45, 2.75) is 32.6 Å². The van der Waals surface area contributed by atoms with Gasteiger partial charge in [0.25, 0.3) is 0 Å². The fourth-order valence-corrected chi connectivity index (χ4v) is 2.11. The van der Waals surface area contributed by atoms with E-state index in [0.717, 1.165) is 23.7 Å². The molecule has 1 amide bonds. The maximum Gasteiger partial charge on any atom is 0.224 e. The summed E-state index contributed by atoms with van der Waals surface area (Å²) in [5.41, 5.74) is 7.00. The molecule has 0 fully saturated rings. The molecule has 0 aliphatic carbocycles. The molecule has 0 saturated heterocycles. The highest BCUT2D eigenvalue weighted by Gasteiger charge is 2.09. The predicted octanol–water partition coefficient (Wildman–Crippen LogP) is 3.60. The molecule has 18 heavy (non-hydrogen) atoms. The normalized spacial score (nSPS) is 10.1. The van der Waals surface area contributed by atoms with Crippen LogP contribution >= 0.6 is 28.1 Å². The zero-order valence-electron chi connectivity index (χ0n) is 10.3. The fraction of sp³-hybridized carbons (Fsp3) is 0.385. The number of halogens is 1. The summed E-state index contributed by atoms with van der Waals surface area (Å²) in [6.45, 7) is 2.11. The second kappa shape index (κ2) is 7.48. The molecule has 1 aromatic carbocycles. The van der Waals surface area contributed by atoms with Crippen LogP contribution in [0.1, 0.15) is 38.2 Å². The lowest BCUT2D eigenvalue weighted by Gasteiger charge is -2.10. The van der Waals surface area contributed by atoms with Gasteiger partial charge in [-0.05, 0) is 24.6 Å². The summed E-state index contributed by atoms with van der Waals surface area (Å²) < 4.78 is 0.884. The topological polar surface area (TPSA) is 55.1 Å². The Labute approximate surface area is 121 Å². The zero-order valence-corrected chi connectivity index (χ0v) is 12.7. The molecule has 0 aliphatic rings. The van der Waals surface area contributed by atoms with E-state index < -0.39 is 0 Å². The molecule has 5 heteroatoms. The molecule has 3 nitrogen and oxygen atoms in total. The molecular formula is C13H17BrN2OS. The summed E-state index contributed by atoms with van der Waals surface area (Å²) in [5.74, 6) is 0.00303. The van der Waals surface area contributed by atoms with Crippen molar-refractivity contribution >= 4 is 44.7 Å². The quantitative estimate of drug-likeness (QED) is 0.619. The van der Waals surface area contributed by atoms with Crippen LogP contribution in [-0.4, -0.2) is 10.9 Å². The van der Waals surface area contributed by atoms with E-state index in [2.05, 4.69) is 28.2 Å². The number of thiocarbonyl (C=S) groups is 1. The standard InChI is InChI=1S/C13H17BrN2OS/c1-2-3-4-5-12(17)16-11-7-6-9(14)8-10(11)13(15)18/h6-8H,2-5H2,1H3,(H2,15,18)(H,16,17). The number of hydrogen-bond acceptors (Lipinski definition) is 2. The van der Waals surface area contributed by atoms with Crippen molar-refractivity contribution in [1.82, 2.24) is 0 Å². The smallest absolute Gasteiger partial charge is 0.224 e. The minimum atomic E-state index is 0.00303. The van der Waals surface area contributed by atoms with Gasteiger partial charge in [-0.3, -0.25) is 4.79 Å². The summed E-state index contributed by atoms with van der Waals surface area (Å²) in [4.78, 5) is 12.0. The Morgan fingerprint density at radius 2 is 2.17 bits per heavy atom. The first-order valence-electron chi connectivity index (χ1n) is 5.93.